The molecule has 1 atom stereocenters. The molecule has 132 valence electrons. The lowest BCUT2D eigenvalue weighted by atomic mass is 10.2. The van der Waals surface area contributed by atoms with Crippen molar-refractivity contribution in [2.45, 2.75) is 25.8 Å². The summed E-state index contributed by atoms with van der Waals surface area (Å²) in [6.45, 7) is 2.39. The van der Waals surface area contributed by atoms with Gasteiger partial charge in [-0.2, -0.15) is 0 Å². The van der Waals surface area contributed by atoms with E-state index in [2.05, 4.69) is 20.5 Å². The molecule has 25 heavy (non-hydrogen) atoms. The van der Waals surface area contributed by atoms with Crippen LogP contribution < -0.4 is 15.5 Å². The van der Waals surface area contributed by atoms with Gasteiger partial charge in [-0.1, -0.05) is 11.3 Å². The first-order chi connectivity index (χ1) is 12.1. The minimum Gasteiger partial charge on any atom is -0.394 e. The Kier molecular flexibility index (Phi) is 5.30. The summed E-state index contributed by atoms with van der Waals surface area (Å²) < 4.78 is 0. The molecule has 3 N–H and O–H groups in total. The van der Waals surface area contributed by atoms with Gasteiger partial charge in [0, 0.05) is 24.8 Å². The molecule has 0 spiro atoms. The number of anilines is 3. The summed E-state index contributed by atoms with van der Waals surface area (Å²) in [6.07, 6.45) is 3.53. The highest BCUT2D eigenvalue weighted by Crippen LogP contribution is 2.29. The van der Waals surface area contributed by atoms with Crippen LogP contribution in [0.4, 0.5) is 16.5 Å². The third-order valence-corrected chi connectivity index (χ3v) is 5.05. The highest BCUT2D eigenvalue weighted by molar-refractivity contribution is 7.17. The van der Waals surface area contributed by atoms with Crippen LogP contribution in [0.1, 0.15) is 29.4 Å². The van der Waals surface area contributed by atoms with Gasteiger partial charge in [-0.25, -0.2) is 4.98 Å². The van der Waals surface area contributed by atoms with Gasteiger partial charge >= 0.3 is 0 Å². The number of rotatable bonds is 5. The van der Waals surface area contributed by atoms with Crippen molar-refractivity contribution in [3.8, 4) is 0 Å². The second-order valence-electron chi connectivity index (χ2n) is 5.89. The predicted octanol–water partition coefficient (Wildman–Crippen LogP) is 2.31. The summed E-state index contributed by atoms with van der Waals surface area (Å²) >= 11 is 1.32. The standard InChI is InChI=1S/C17H20N4O3S/c1-11(23)19-12-4-6-13(7-5-12)20-16(24)15-9-18-17(25-15)21-8-2-3-14(21)10-22/h4-7,9,14,22H,2-3,8,10H2,1H3,(H,19,23)(H,20,24). The number of aliphatic hydroxyl groups excluding tert-OH is 1. The fourth-order valence-electron chi connectivity index (χ4n) is 2.81. The molecule has 1 aliphatic rings. The third-order valence-electron chi connectivity index (χ3n) is 4.01. The van der Waals surface area contributed by atoms with E-state index in [0.717, 1.165) is 24.5 Å². The van der Waals surface area contributed by atoms with E-state index in [9.17, 15) is 14.7 Å². The molecule has 2 heterocycles. The van der Waals surface area contributed by atoms with Gasteiger partial charge in [-0.05, 0) is 37.1 Å². The van der Waals surface area contributed by atoms with Crippen molar-refractivity contribution in [1.82, 2.24) is 4.98 Å². The summed E-state index contributed by atoms with van der Waals surface area (Å²) in [5.41, 5.74) is 1.32. The zero-order valence-electron chi connectivity index (χ0n) is 13.9. The summed E-state index contributed by atoms with van der Waals surface area (Å²) in [7, 11) is 0. The molecule has 1 saturated heterocycles. The predicted molar refractivity (Wildman–Crippen MR) is 98.3 cm³/mol. The molecule has 2 aromatic rings. The molecule has 1 fully saturated rings. The van der Waals surface area contributed by atoms with Gasteiger partial charge in [0.05, 0.1) is 18.8 Å². The van der Waals surface area contributed by atoms with Crippen LogP contribution in [0, 0.1) is 0 Å². The SMILES string of the molecule is CC(=O)Nc1ccc(NC(=O)c2cnc(N3CCCC3CO)s2)cc1. The zero-order valence-corrected chi connectivity index (χ0v) is 14.7. The Bertz CT molecular complexity index is 760. The van der Waals surface area contributed by atoms with Crippen molar-refractivity contribution in [2.24, 2.45) is 0 Å². The van der Waals surface area contributed by atoms with E-state index in [1.807, 2.05) is 0 Å². The van der Waals surface area contributed by atoms with E-state index < -0.39 is 0 Å². The first-order valence-electron chi connectivity index (χ1n) is 8.09. The molecule has 1 aromatic carbocycles. The van der Waals surface area contributed by atoms with Gasteiger partial charge in [0.25, 0.3) is 5.91 Å². The van der Waals surface area contributed by atoms with Gasteiger partial charge in [0.1, 0.15) is 4.88 Å². The molecule has 0 saturated carbocycles. The monoisotopic (exact) mass is 360 g/mol. The Morgan fingerprint density at radius 3 is 2.60 bits per heavy atom. The van der Waals surface area contributed by atoms with Gasteiger partial charge in [0.2, 0.25) is 5.91 Å². The van der Waals surface area contributed by atoms with Crippen LogP contribution in [0.3, 0.4) is 0 Å². The zero-order chi connectivity index (χ0) is 17.8. The van der Waals surface area contributed by atoms with Crippen molar-refractivity contribution >= 4 is 39.7 Å². The normalized spacial score (nSPS) is 16.7. The van der Waals surface area contributed by atoms with E-state index >= 15 is 0 Å². The number of benzene rings is 1. The molecule has 0 radical (unpaired) electrons. The van der Waals surface area contributed by atoms with Crippen molar-refractivity contribution in [3.05, 3.63) is 35.3 Å². The fourth-order valence-corrected chi connectivity index (χ4v) is 3.72. The second-order valence-corrected chi connectivity index (χ2v) is 6.90. The largest absolute Gasteiger partial charge is 0.394 e. The molecule has 0 aliphatic carbocycles. The molecule has 7 nitrogen and oxygen atoms in total. The molecule has 3 rings (SSSR count). The van der Waals surface area contributed by atoms with Gasteiger partial charge in [-0.15, -0.1) is 0 Å². The van der Waals surface area contributed by atoms with Gasteiger partial charge < -0.3 is 20.6 Å². The number of carbonyl (C=O) groups excluding carboxylic acids is 2. The van der Waals surface area contributed by atoms with E-state index in [1.165, 1.54) is 18.3 Å². The van der Waals surface area contributed by atoms with Gasteiger partial charge in [0.15, 0.2) is 5.13 Å². The third kappa shape index (κ3) is 4.15. The van der Waals surface area contributed by atoms with Crippen LogP contribution in [-0.2, 0) is 4.79 Å². The Hall–Kier alpha value is -2.45. The Morgan fingerprint density at radius 1 is 1.28 bits per heavy atom. The Labute approximate surface area is 149 Å². The first kappa shape index (κ1) is 17.4. The lowest BCUT2D eigenvalue weighted by molar-refractivity contribution is -0.114. The highest BCUT2D eigenvalue weighted by atomic mass is 32.1. The summed E-state index contributed by atoms with van der Waals surface area (Å²) in [6, 6.07) is 7.00. The van der Waals surface area contributed by atoms with Crippen LogP contribution in [-0.4, -0.2) is 41.1 Å². The lowest BCUT2D eigenvalue weighted by Crippen LogP contribution is -2.31. The lowest BCUT2D eigenvalue weighted by Gasteiger charge is -2.21. The number of nitrogens with zero attached hydrogens (tertiary/aromatic N) is 2. The highest BCUT2D eigenvalue weighted by Gasteiger charge is 2.26. The summed E-state index contributed by atoms with van der Waals surface area (Å²) in [5, 5.41) is 15.7. The van der Waals surface area contributed by atoms with E-state index in [4.69, 9.17) is 0 Å². The van der Waals surface area contributed by atoms with Crippen molar-refractivity contribution in [3.63, 3.8) is 0 Å². The molecule has 8 heteroatoms. The molecule has 1 aromatic heterocycles. The number of carbonyl (C=O) groups is 2. The van der Waals surface area contributed by atoms with Crippen molar-refractivity contribution in [1.29, 1.82) is 0 Å². The average Bonchev–Trinajstić information content (AvgIpc) is 3.24. The van der Waals surface area contributed by atoms with Gasteiger partial charge in [-0.3, -0.25) is 9.59 Å². The van der Waals surface area contributed by atoms with Crippen LogP contribution >= 0.6 is 11.3 Å². The molecule has 1 aliphatic heterocycles. The van der Waals surface area contributed by atoms with Crippen LogP contribution in [0.15, 0.2) is 30.5 Å². The number of aliphatic hydroxyl groups is 1. The van der Waals surface area contributed by atoms with Crippen LogP contribution in [0.5, 0.6) is 0 Å². The number of thiazole rings is 1. The van der Waals surface area contributed by atoms with Crippen LogP contribution in [0.25, 0.3) is 0 Å². The summed E-state index contributed by atoms with van der Waals surface area (Å²) in [5.74, 6) is -0.368. The number of hydrogen-bond acceptors (Lipinski definition) is 6. The Morgan fingerprint density at radius 2 is 1.96 bits per heavy atom. The summed E-state index contributed by atoms with van der Waals surface area (Å²) in [4.78, 5) is 30.3. The average molecular weight is 360 g/mol. The minimum atomic E-state index is -0.226. The molecule has 0 bridgehead atoms. The topological polar surface area (TPSA) is 94.6 Å². The van der Waals surface area contributed by atoms with E-state index in [1.54, 1.807) is 30.5 Å². The molecule has 1 unspecified atom stereocenters. The molecule has 2 amide bonds. The fraction of sp³-hybridized carbons (Fsp3) is 0.353. The maximum atomic E-state index is 12.4. The number of nitrogens with one attached hydrogen (secondary N) is 2. The second kappa shape index (κ2) is 7.62. The Balaban J connectivity index is 1.64. The number of amides is 2. The molecular weight excluding hydrogens is 340 g/mol. The minimum absolute atomic E-state index is 0.0865. The quantitative estimate of drug-likeness (QED) is 0.761. The first-order valence-corrected chi connectivity index (χ1v) is 8.91. The van der Waals surface area contributed by atoms with E-state index in [-0.39, 0.29) is 24.5 Å². The maximum absolute atomic E-state index is 12.4. The van der Waals surface area contributed by atoms with Crippen molar-refractivity contribution in [2.75, 3.05) is 28.7 Å². The molecular formula is C17H20N4O3S. The van der Waals surface area contributed by atoms with Crippen molar-refractivity contribution < 1.29 is 14.7 Å². The van der Waals surface area contributed by atoms with E-state index in [0.29, 0.717) is 16.3 Å². The number of hydrogen-bond donors (Lipinski definition) is 3. The number of aromatic nitrogens is 1. The smallest absolute Gasteiger partial charge is 0.267 e. The maximum Gasteiger partial charge on any atom is 0.267 e. The van der Waals surface area contributed by atoms with Crippen LogP contribution in [0.2, 0.25) is 0 Å².